The Bertz CT molecular complexity index is 883. The molecular formula is C16H13N5O. The zero-order chi connectivity index (χ0) is 14.8. The molecule has 3 heterocycles. The fraction of sp³-hybridized carbons (Fsp3) is 0.0625. The number of hydrogen-bond acceptors (Lipinski definition) is 5. The summed E-state index contributed by atoms with van der Waals surface area (Å²) in [5.41, 5.74) is 1.89. The van der Waals surface area contributed by atoms with Crippen LogP contribution in [0.5, 0.6) is 0 Å². The molecule has 0 atom stereocenters. The lowest BCUT2D eigenvalue weighted by Crippen LogP contribution is -2.06. The van der Waals surface area contributed by atoms with Crippen LogP contribution in [-0.4, -0.2) is 19.6 Å². The molecule has 0 radical (unpaired) electrons. The fourth-order valence-electron chi connectivity index (χ4n) is 2.29. The smallest absolute Gasteiger partial charge is 0.254 e. The van der Waals surface area contributed by atoms with E-state index >= 15 is 0 Å². The second kappa shape index (κ2) is 5.33. The summed E-state index contributed by atoms with van der Waals surface area (Å²) >= 11 is 0. The van der Waals surface area contributed by atoms with Gasteiger partial charge in [-0.25, -0.2) is 4.98 Å². The van der Waals surface area contributed by atoms with E-state index in [1.54, 1.807) is 10.8 Å². The van der Waals surface area contributed by atoms with Crippen LogP contribution in [-0.2, 0) is 6.54 Å². The number of hydrogen-bond donors (Lipinski definition) is 1. The second-order valence-electron chi connectivity index (χ2n) is 4.80. The molecule has 0 saturated carbocycles. The minimum atomic E-state index is 0.559. The van der Waals surface area contributed by atoms with Gasteiger partial charge < -0.3 is 9.73 Å². The molecule has 6 nitrogen and oxygen atoms in total. The number of nitrogens with zero attached hydrogens (tertiary/aromatic N) is 4. The van der Waals surface area contributed by atoms with Gasteiger partial charge in [0.05, 0.1) is 18.5 Å². The van der Waals surface area contributed by atoms with E-state index in [2.05, 4.69) is 20.4 Å². The van der Waals surface area contributed by atoms with Crippen molar-refractivity contribution in [2.24, 2.45) is 0 Å². The maximum absolute atomic E-state index is 5.34. The third-order valence-corrected chi connectivity index (χ3v) is 3.35. The first-order chi connectivity index (χ1) is 10.9. The average molecular weight is 291 g/mol. The van der Waals surface area contributed by atoms with Crippen molar-refractivity contribution in [2.75, 3.05) is 5.32 Å². The first-order valence-electron chi connectivity index (χ1n) is 6.92. The average Bonchev–Trinajstić information content (AvgIpc) is 3.24. The van der Waals surface area contributed by atoms with Gasteiger partial charge in [-0.05, 0) is 12.1 Å². The van der Waals surface area contributed by atoms with Gasteiger partial charge in [0.1, 0.15) is 17.9 Å². The molecule has 4 rings (SSSR count). The maximum Gasteiger partial charge on any atom is 0.254 e. The molecule has 0 bridgehead atoms. The molecule has 4 aromatic rings. The molecule has 1 aromatic carbocycles. The van der Waals surface area contributed by atoms with Crippen molar-refractivity contribution in [2.45, 2.75) is 6.54 Å². The molecule has 22 heavy (non-hydrogen) atoms. The Morgan fingerprint density at radius 2 is 2.00 bits per heavy atom. The first-order valence-corrected chi connectivity index (χ1v) is 6.92. The normalized spacial score (nSPS) is 10.9. The lowest BCUT2D eigenvalue weighted by molar-refractivity contribution is 0.517. The zero-order valence-electron chi connectivity index (χ0n) is 11.7. The third-order valence-electron chi connectivity index (χ3n) is 3.35. The number of anilines is 1. The van der Waals surface area contributed by atoms with Crippen molar-refractivity contribution >= 4 is 11.6 Å². The van der Waals surface area contributed by atoms with Crippen molar-refractivity contribution < 1.29 is 4.42 Å². The monoisotopic (exact) mass is 291 g/mol. The van der Waals surface area contributed by atoms with Gasteiger partial charge in [0, 0.05) is 11.6 Å². The number of rotatable bonds is 4. The van der Waals surface area contributed by atoms with Gasteiger partial charge >= 0.3 is 0 Å². The highest BCUT2D eigenvalue weighted by atomic mass is 16.3. The molecule has 1 N–H and O–H groups in total. The Hall–Kier alpha value is -3.15. The van der Waals surface area contributed by atoms with Crippen LogP contribution in [0, 0.1) is 0 Å². The van der Waals surface area contributed by atoms with Gasteiger partial charge in [-0.1, -0.05) is 30.3 Å². The highest BCUT2D eigenvalue weighted by Crippen LogP contribution is 2.21. The van der Waals surface area contributed by atoms with E-state index in [1.807, 2.05) is 48.5 Å². The van der Waals surface area contributed by atoms with E-state index in [0.29, 0.717) is 12.3 Å². The van der Waals surface area contributed by atoms with Crippen LogP contribution in [0.2, 0.25) is 0 Å². The standard InChI is InChI=1S/C16H13N5O/c1-2-5-12(6-3-1)14-9-15(17-10-13-7-4-8-22-13)21-16(20-14)18-11-19-21/h1-9,11,17H,10H2. The van der Waals surface area contributed by atoms with Crippen LogP contribution in [0.3, 0.4) is 0 Å². The largest absolute Gasteiger partial charge is 0.467 e. The predicted molar refractivity (Wildman–Crippen MR) is 82.3 cm³/mol. The van der Waals surface area contributed by atoms with Crippen LogP contribution in [0.1, 0.15) is 5.76 Å². The van der Waals surface area contributed by atoms with E-state index in [4.69, 9.17) is 4.42 Å². The summed E-state index contributed by atoms with van der Waals surface area (Å²) < 4.78 is 7.02. The van der Waals surface area contributed by atoms with E-state index in [-0.39, 0.29) is 0 Å². The number of aromatic nitrogens is 4. The minimum Gasteiger partial charge on any atom is -0.467 e. The molecule has 0 spiro atoms. The van der Waals surface area contributed by atoms with Gasteiger partial charge in [-0.2, -0.15) is 14.6 Å². The maximum atomic E-state index is 5.34. The molecule has 6 heteroatoms. The second-order valence-corrected chi connectivity index (χ2v) is 4.80. The number of benzene rings is 1. The summed E-state index contributed by atoms with van der Waals surface area (Å²) in [6.07, 6.45) is 3.15. The number of nitrogens with one attached hydrogen (secondary N) is 1. The van der Waals surface area contributed by atoms with Crippen LogP contribution in [0.25, 0.3) is 17.0 Å². The van der Waals surface area contributed by atoms with Crippen molar-refractivity contribution in [1.29, 1.82) is 0 Å². The van der Waals surface area contributed by atoms with Gasteiger partial charge in [-0.15, -0.1) is 0 Å². The van der Waals surface area contributed by atoms with Crippen LogP contribution in [0.4, 0.5) is 5.82 Å². The summed E-state index contributed by atoms with van der Waals surface area (Å²) in [4.78, 5) is 8.72. The zero-order valence-corrected chi connectivity index (χ0v) is 11.7. The molecule has 0 saturated heterocycles. The quantitative estimate of drug-likeness (QED) is 0.626. The number of fused-ring (bicyclic) bond motifs is 1. The van der Waals surface area contributed by atoms with Crippen molar-refractivity contribution in [3.63, 3.8) is 0 Å². The van der Waals surface area contributed by atoms with Gasteiger partial charge in [-0.3, -0.25) is 0 Å². The van der Waals surface area contributed by atoms with Gasteiger partial charge in [0.25, 0.3) is 5.78 Å². The lowest BCUT2D eigenvalue weighted by Gasteiger charge is -2.09. The third kappa shape index (κ3) is 2.31. The fourth-order valence-corrected chi connectivity index (χ4v) is 2.29. The molecule has 0 aliphatic heterocycles. The summed E-state index contributed by atoms with van der Waals surface area (Å²) in [5.74, 6) is 2.23. The highest BCUT2D eigenvalue weighted by Gasteiger charge is 2.09. The summed E-state index contributed by atoms with van der Waals surface area (Å²) in [5, 5.41) is 7.52. The van der Waals surface area contributed by atoms with E-state index < -0.39 is 0 Å². The SMILES string of the molecule is c1ccc(-c2cc(NCc3ccco3)n3ncnc3n2)cc1. The summed E-state index contributed by atoms with van der Waals surface area (Å²) in [6, 6.07) is 15.7. The topological polar surface area (TPSA) is 68.2 Å². The Labute approximate surface area is 126 Å². The predicted octanol–water partition coefficient (Wildman–Crippen LogP) is 3.00. The van der Waals surface area contributed by atoms with Crippen molar-refractivity contribution in [1.82, 2.24) is 19.6 Å². The van der Waals surface area contributed by atoms with E-state index in [0.717, 1.165) is 22.8 Å². The van der Waals surface area contributed by atoms with Crippen molar-refractivity contribution in [3.05, 3.63) is 66.9 Å². The Kier molecular flexibility index (Phi) is 3.05. The Morgan fingerprint density at radius 1 is 1.09 bits per heavy atom. The Balaban J connectivity index is 1.74. The van der Waals surface area contributed by atoms with Crippen LogP contribution < -0.4 is 5.32 Å². The van der Waals surface area contributed by atoms with E-state index in [9.17, 15) is 0 Å². The molecule has 0 fully saturated rings. The first kappa shape index (κ1) is 12.6. The lowest BCUT2D eigenvalue weighted by atomic mass is 10.1. The molecule has 108 valence electrons. The van der Waals surface area contributed by atoms with Crippen LogP contribution in [0.15, 0.2) is 65.5 Å². The highest BCUT2D eigenvalue weighted by molar-refractivity contribution is 5.65. The molecule has 0 amide bonds. The molecule has 0 aliphatic carbocycles. The molecule has 3 aromatic heterocycles. The van der Waals surface area contributed by atoms with Gasteiger partial charge in [0.15, 0.2) is 0 Å². The Morgan fingerprint density at radius 3 is 2.82 bits per heavy atom. The number of furan rings is 1. The molecule has 0 unspecified atom stereocenters. The molecule has 0 aliphatic rings. The summed E-state index contributed by atoms with van der Waals surface area (Å²) in [6.45, 7) is 0.570. The summed E-state index contributed by atoms with van der Waals surface area (Å²) in [7, 11) is 0. The molecular weight excluding hydrogens is 278 g/mol. The van der Waals surface area contributed by atoms with Gasteiger partial charge in [0.2, 0.25) is 0 Å². The minimum absolute atomic E-state index is 0.559. The van der Waals surface area contributed by atoms with Crippen LogP contribution >= 0.6 is 0 Å². The van der Waals surface area contributed by atoms with E-state index in [1.165, 1.54) is 6.33 Å². The van der Waals surface area contributed by atoms with Crippen molar-refractivity contribution in [3.8, 4) is 11.3 Å².